The Labute approximate surface area is 96.3 Å². The third kappa shape index (κ3) is 3.41. The van der Waals surface area contributed by atoms with Crippen LogP contribution in [0.5, 0.6) is 0 Å². The molecule has 0 spiro atoms. The van der Waals surface area contributed by atoms with E-state index in [1.807, 2.05) is 0 Å². The van der Waals surface area contributed by atoms with Gasteiger partial charge in [0.1, 0.15) is 5.82 Å². The van der Waals surface area contributed by atoms with Crippen molar-refractivity contribution in [3.8, 4) is 0 Å². The number of aliphatic hydroxyl groups excluding tert-OH is 1. The summed E-state index contributed by atoms with van der Waals surface area (Å²) in [7, 11) is 1.49. The number of hydrogen-bond acceptors (Lipinski definition) is 2. The number of aliphatic hydroxyl groups is 1. The Kier molecular flexibility index (Phi) is 4.47. The molecule has 17 heavy (non-hydrogen) atoms. The van der Waals surface area contributed by atoms with E-state index in [0.29, 0.717) is 6.07 Å². The highest BCUT2D eigenvalue weighted by Gasteiger charge is 2.35. The third-order valence-electron chi connectivity index (χ3n) is 2.46. The van der Waals surface area contributed by atoms with Crippen molar-refractivity contribution in [3.63, 3.8) is 0 Å². The molecule has 0 aliphatic heterocycles. The van der Waals surface area contributed by atoms with E-state index in [9.17, 15) is 17.6 Å². The molecular weight excluding hydrogens is 238 g/mol. The number of halogens is 4. The molecule has 0 saturated heterocycles. The largest absolute Gasteiger partial charge is 0.416 e. The summed E-state index contributed by atoms with van der Waals surface area (Å²) >= 11 is 0. The van der Waals surface area contributed by atoms with Crippen molar-refractivity contribution in [2.24, 2.45) is 0 Å². The van der Waals surface area contributed by atoms with Crippen LogP contribution in [-0.4, -0.2) is 18.8 Å². The first kappa shape index (κ1) is 13.9. The second-order valence-electron chi connectivity index (χ2n) is 3.58. The summed E-state index contributed by atoms with van der Waals surface area (Å²) in [4.78, 5) is 0. The van der Waals surface area contributed by atoms with E-state index >= 15 is 0 Å². The molecule has 0 amide bonds. The predicted octanol–water partition coefficient (Wildman–Crippen LogP) is 2.49. The fourth-order valence-corrected chi connectivity index (χ4v) is 1.66. The van der Waals surface area contributed by atoms with Crippen LogP contribution in [0.2, 0.25) is 0 Å². The van der Waals surface area contributed by atoms with Crippen LogP contribution in [0, 0.1) is 5.82 Å². The van der Waals surface area contributed by atoms with Crippen LogP contribution in [0.4, 0.5) is 17.6 Å². The highest BCUT2D eigenvalue weighted by Crippen LogP contribution is 2.35. The van der Waals surface area contributed by atoms with Crippen LogP contribution in [-0.2, 0) is 6.18 Å². The molecule has 6 heteroatoms. The molecule has 96 valence electrons. The Balaban J connectivity index is 3.22. The monoisotopic (exact) mass is 251 g/mol. The molecule has 1 aromatic carbocycles. The van der Waals surface area contributed by atoms with Gasteiger partial charge in [-0.1, -0.05) is 6.07 Å². The van der Waals surface area contributed by atoms with Crippen molar-refractivity contribution in [3.05, 3.63) is 35.1 Å². The summed E-state index contributed by atoms with van der Waals surface area (Å²) in [6.45, 7) is -0.250. The summed E-state index contributed by atoms with van der Waals surface area (Å²) in [5, 5.41) is 11.5. The first-order chi connectivity index (χ1) is 7.90. The van der Waals surface area contributed by atoms with Crippen molar-refractivity contribution < 1.29 is 22.7 Å². The average molecular weight is 251 g/mol. The maximum atomic E-state index is 12.9. The van der Waals surface area contributed by atoms with E-state index in [-0.39, 0.29) is 18.6 Å². The summed E-state index contributed by atoms with van der Waals surface area (Å²) in [5.41, 5.74) is -1.07. The third-order valence-corrected chi connectivity index (χ3v) is 2.46. The second-order valence-corrected chi connectivity index (χ2v) is 3.58. The quantitative estimate of drug-likeness (QED) is 0.806. The van der Waals surface area contributed by atoms with E-state index in [1.54, 1.807) is 0 Å². The minimum Gasteiger partial charge on any atom is -0.396 e. The summed E-state index contributed by atoms with van der Waals surface area (Å²) in [6.07, 6.45) is -4.48. The zero-order valence-electron chi connectivity index (χ0n) is 9.18. The standard InChI is InChI=1S/C11H13F4NO/c1-16-10(4-5-17)8-3-2-7(12)6-9(8)11(13,14)15/h2-3,6,10,16-17H,4-5H2,1H3. The van der Waals surface area contributed by atoms with Crippen LogP contribution < -0.4 is 5.32 Å². The first-order valence-corrected chi connectivity index (χ1v) is 5.05. The van der Waals surface area contributed by atoms with Gasteiger partial charge in [0, 0.05) is 12.6 Å². The summed E-state index contributed by atoms with van der Waals surface area (Å²) in [6, 6.07) is 1.88. The predicted molar refractivity (Wildman–Crippen MR) is 54.9 cm³/mol. The molecule has 2 nitrogen and oxygen atoms in total. The minimum absolute atomic E-state index is 0.0598. The number of alkyl halides is 3. The van der Waals surface area contributed by atoms with Crippen LogP contribution in [0.3, 0.4) is 0 Å². The highest BCUT2D eigenvalue weighted by molar-refractivity contribution is 5.33. The lowest BCUT2D eigenvalue weighted by Crippen LogP contribution is -2.22. The van der Waals surface area contributed by atoms with Crippen LogP contribution in [0.25, 0.3) is 0 Å². The Bertz CT molecular complexity index is 378. The SMILES string of the molecule is CNC(CCO)c1ccc(F)cc1C(F)(F)F. The van der Waals surface area contributed by atoms with Gasteiger partial charge in [0.05, 0.1) is 5.56 Å². The summed E-state index contributed by atoms with van der Waals surface area (Å²) in [5.74, 6) is -0.931. The lowest BCUT2D eigenvalue weighted by molar-refractivity contribution is -0.138. The Hall–Kier alpha value is -1.14. The maximum Gasteiger partial charge on any atom is 0.416 e. The van der Waals surface area contributed by atoms with E-state index < -0.39 is 23.6 Å². The molecule has 1 aromatic rings. The fraction of sp³-hybridized carbons (Fsp3) is 0.455. The van der Waals surface area contributed by atoms with Crippen LogP contribution in [0.1, 0.15) is 23.6 Å². The van der Waals surface area contributed by atoms with Gasteiger partial charge < -0.3 is 10.4 Å². The molecule has 1 atom stereocenters. The van der Waals surface area contributed by atoms with Crippen LogP contribution >= 0.6 is 0 Å². The fourth-order valence-electron chi connectivity index (χ4n) is 1.66. The Morgan fingerprint density at radius 2 is 2.00 bits per heavy atom. The van der Waals surface area contributed by atoms with Gasteiger partial charge in [0.2, 0.25) is 0 Å². The van der Waals surface area contributed by atoms with Crippen molar-refractivity contribution in [2.45, 2.75) is 18.6 Å². The molecule has 2 N–H and O–H groups in total. The van der Waals surface area contributed by atoms with Gasteiger partial charge >= 0.3 is 6.18 Å². The maximum absolute atomic E-state index is 12.9. The molecule has 0 radical (unpaired) electrons. The topological polar surface area (TPSA) is 32.3 Å². The summed E-state index contributed by atoms with van der Waals surface area (Å²) < 4.78 is 51.0. The van der Waals surface area contributed by atoms with Crippen molar-refractivity contribution in [1.82, 2.24) is 5.32 Å². The Morgan fingerprint density at radius 1 is 1.35 bits per heavy atom. The van der Waals surface area contributed by atoms with Crippen LogP contribution in [0.15, 0.2) is 18.2 Å². The Morgan fingerprint density at radius 3 is 2.47 bits per heavy atom. The van der Waals surface area contributed by atoms with Gasteiger partial charge in [0.25, 0.3) is 0 Å². The molecule has 0 heterocycles. The average Bonchev–Trinajstić information content (AvgIpc) is 2.25. The molecule has 1 rings (SSSR count). The number of nitrogens with one attached hydrogen (secondary N) is 1. The molecule has 0 bridgehead atoms. The van der Waals surface area contributed by atoms with Crippen molar-refractivity contribution in [2.75, 3.05) is 13.7 Å². The van der Waals surface area contributed by atoms with E-state index in [1.165, 1.54) is 7.05 Å². The molecule has 0 fully saturated rings. The minimum atomic E-state index is -4.61. The van der Waals surface area contributed by atoms with Crippen molar-refractivity contribution >= 4 is 0 Å². The molecule has 0 aromatic heterocycles. The molecule has 0 saturated carbocycles. The zero-order chi connectivity index (χ0) is 13.1. The smallest absolute Gasteiger partial charge is 0.396 e. The normalized spacial score (nSPS) is 13.8. The van der Waals surface area contributed by atoms with Gasteiger partial charge in [0.15, 0.2) is 0 Å². The van der Waals surface area contributed by atoms with E-state index in [4.69, 9.17) is 5.11 Å². The molecule has 1 unspecified atom stereocenters. The van der Waals surface area contributed by atoms with Gasteiger partial charge in [-0.2, -0.15) is 13.2 Å². The highest BCUT2D eigenvalue weighted by atomic mass is 19.4. The number of benzene rings is 1. The lowest BCUT2D eigenvalue weighted by Gasteiger charge is -2.20. The number of rotatable bonds is 4. The molecular formula is C11H13F4NO. The number of hydrogen-bond donors (Lipinski definition) is 2. The zero-order valence-corrected chi connectivity index (χ0v) is 9.18. The second kappa shape index (κ2) is 5.46. The van der Waals surface area contributed by atoms with Gasteiger partial charge in [-0.15, -0.1) is 0 Å². The molecule has 0 aliphatic carbocycles. The lowest BCUT2D eigenvalue weighted by atomic mass is 9.97. The first-order valence-electron chi connectivity index (χ1n) is 5.05. The van der Waals surface area contributed by atoms with Gasteiger partial charge in [-0.25, -0.2) is 4.39 Å². The molecule has 0 aliphatic rings. The van der Waals surface area contributed by atoms with Gasteiger partial charge in [-0.05, 0) is 31.2 Å². The van der Waals surface area contributed by atoms with Gasteiger partial charge in [-0.3, -0.25) is 0 Å². The van der Waals surface area contributed by atoms with Crippen molar-refractivity contribution in [1.29, 1.82) is 0 Å². The van der Waals surface area contributed by atoms with E-state index in [2.05, 4.69) is 5.32 Å². The van der Waals surface area contributed by atoms with E-state index in [0.717, 1.165) is 12.1 Å².